The molecule has 0 unspecified atom stereocenters. The van der Waals surface area contributed by atoms with Crippen molar-refractivity contribution in [3.63, 3.8) is 0 Å². The van der Waals surface area contributed by atoms with Crippen LogP contribution in [0.25, 0.3) is 0 Å². The summed E-state index contributed by atoms with van der Waals surface area (Å²) in [6.07, 6.45) is 8.69. The lowest BCUT2D eigenvalue weighted by Crippen LogP contribution is -2.24. The maximum absolute atomic E-state index is 11.8. The molecule has 16 heavy (non-hydrogen) atoms. The Balaban J connectivity index is 2.16. The number of rotatable bonds is 1. The van der Waals surface area contributed by atoms with Crippen LogP contribution in [0.1, 0.15) is 27.2 Å². The zero-order chi connectivity index (χ0) is 11.8. The summed E-state index contributed by atoms with van der Waals surface area (Å²) >= 11 is 0. The van der Waals surface area contributed by atoms with Crippen molar-refractivity contribution in [1.29, 1.82) is 0 Å². The van der Waals surface area contributed by atoms with Crippen molar-refractivity contribution in [2.75, 3.05) is 0 Å². The second-order valence-electron chi connectivity index (χ2n) is 4.83. The van der Waals surface area contributed by atoms with Crippen molar-refractivity contribution in [3.05, 3.63) is 35.6 Å². The van der Waals surface area contributed by atoms with Gasteiger partial charge < -0.3 is 4.74 Å². The van der Waals surface area contributed by atoms with Crippen LogP contribution in [0.2, 0.25) is 0 Å². The number of fused-ring (bicyclic) bond motifs is 1. The third-order valence-electron chi connectivity index (χ3n) is 2.19. The maximum Gasteiger partial charge on any atom is 0.357 e. The fraction of sp³-hybridized carbons (Fsp3) is 0.385. The summed E-state index contributed by atoms with van der Waals surface area (Å²) < 4.78 is 5.26. The van der Waals surface area contributed by atoms with E-state index < -0.39 is 5.60 Å². The normalized spacial score (nSPS) is 18.6. The van der Waals surface area contributed by atoms with Gasteiger partial charge in [0, 0.05) is 0 Å². The fourth-order valence-electron chi connectivity index (χ4n) is 1.55. The first kappa shape index (κ1) is 10.9. The Morgan fingerprint density at radius 3 is 2.81 bits per heavy atom. The number of carbonyl (C=O) groups is 1. The van der Waals surface area contributed by atoms with E-state index in [1.807, 2.05) is 32.9 Å². The van der Waals surface area contributed by atoms with Crippen LogP contribution in [0, 0.1) is 0 Å². The summed E-state index contributed by atoms with van der Waals surface area (Å²) in [5.41, 5.74) is 1.79. The Hall–Kier alpha value is -1.64. The number of nitrogens with zero attached hydrogens (tertiary/aromatic N) is 1. The van der Waals surface area contributed by atoms with Gasteiger partial charge in [-0.3, -0.25) is 0 Å². The molecular weight excluding hydrogens is 202 g/mol. The second-order valence-corrected chi connectivity index (χ2v) is 4.83. The average molecular weight is 217 g/mol. The number of carbonyl (C=O) groups excluding carboxylic acids is 1. The molecule has 0 bridgehead atoms. The van der Waals surface area contributed by atoms with Crippen LogP contribution < -0.4 is 0 Å². The summed E-state index contributed by atoms with van der Waals surface area (Å²) in [6, 6.07) is 0. The van der Waals surface area contributed by atoms with Crippen molar-refractivity contribution >= 4 is 11.7 Å². The molecule has 0 aromatic rings. The number of ether oxygens (including phenoxy) is 1. The Labute approximate surface area is 95.2 Å². The third kappa shape index (κ3) is 2.30. The first-order valence-electron chi connectivity index (χ1n) is 5.36. The SMILES string of the molecule is CC(C)(C)OC(=O)C1=CC2=CCC=CC2=N1. The summed E-state index contributed by atoms with van der Waals surface area (Å²) in [5.74, 6) is -0.358. The molecule has 0 spiro atoms. The number of hydrogen-bond acceptors (Lipinski definition) is 3. The van der Waals surface area contributed by atoms with E-state index in [1.165, 1.54) is 0 Å². The van der Waals surface area contributed by atoms with Crippen LogP contribution in [-0.2, 0) is 9.53 Å². The highest BCUT2D eigenvalue weighted by Gasteiger charge is 2.24. The minimum absolute atomic E-state index is 0.358. The van der Waals surface area contributed by atoms with Crippen LogP contribution in [0.15, 0.2) is 40.6 Å². The molecule has 0 aromatic heterocycles. The van der Waals surface area contributed by atoms with Crippen LogP contribution in [0.3, 0.4) is 0 Å². The van der Waals surface area contributed by atoms with Crippen molar-refractivity contribution in [1.82, 2.24) is 0 Å². The van der Waals surface area contributed by atoms with Gasteiger partial charge in [-0.1, -0.05) is 12.2 Å². The van der Waals surface area contributed by atoms with Crippen molar-refractivity contribution in [3.8, 4) is 0 Å². The van der Waals surface area contributed by atoms with Crippen molar-refractivity contribution < 1.29 is 9.53 Å². The van der Waals surface area contributed by atoms with Gasteiger partial charge >= 0.3 is 5.97 Å². The molecule has 1 heterocycles. The van der Waals surface area contributed by atoms with Crippen LogP contribution in [-0.4, -0.2) is 17.3 Å². The molecule has 0 atom stereocenters. The standard InChI is InChI=1S/C13H15NO2/c1-13(2,3)16-12(15)11-8-9-6-4-5-7-10(9)14-11/h5-8H,4H2,1-3H3. The van der Waals surface area contributed by atoms with Gasteiger partial charge in [0.15, 0.2) is 0 Å². The van der Waals surface area contributed by atoms with Crippen molar-refractivity contribution in [2.24, 2.45) is 4.99 Å². The molecule has 2 aliphatic rings. The van der Waals surface area contributed by atoms with E-state index in [1.54, 1.807) is 6.08 Å². The molecule has 0 radical (unpaired) electrons. The smallest absolute Gasteiger partial charge is 0.357 e. The molecule has 0 saturated heterocycles. The lowest BCUT2D eigenvalue weighted by molar-refractivity contribution is -0.149. The monoisotopic (exact) mass is 217 g/mol. The van der Waals surface area contributed by atoms with E-state index in [2.05, 4.69) is 11.1 Å². The lowest BCUT2D eigenvalue weighted by atomic mass is 10.1. The van der Waals surface area contributed by atoms with Crippen LogP contribution in [0.5, 0.6) is 0 Å². The third-order valence-corrected chi connectivity index (χ3v) is 2.19. The van der Waals surface area contributed by atoms with E-state index in [0.29, 0.717) is 5.70 Å². The first-order valence-corrected chi connectivity index (χ1v) is 5.36. The molecule has 0 amide bonds. The summed E-state index contributed by atoms with van der Waals surface area (Å²) in [5, 5.41) is 0. The summed E-state index contributed by atoms with van der Waals surface area (Å²) in [6.45, 7) is 5.54. The minimum atomic E-state index is -0.476. The fourth-order valence-corrected chi connectivity index (χ4v) is 1.55. The van der Waals surface area contributed by atoms with Gasteiger partial charge in [-0.25, -0.2) is 9.79 Å². The van der Waals surface area contributed by atoms with Gasteiger partial charge in [0.05, 0.1) is 5.71 Å². The van der Waals surface area contributed by atoms with Crippen molar-refractivity contribution in [2.45, 2.75) is 32.8 Å². The topological polar surface area (TPSA) is 38.7 Å². The van der Waals surface area contributed by atoms with Gasteiger partial charge in [-0.2, -0.15) is 0 Å². The highest BCUT2D eigenvalue weighted by atomic mass is 16.6. The predicted octanol–water partition coefficient (Wildman–Crippen LogP) is 2.55. The molecule has 0 N–H and O–H groups in total. The summed E-state index contributed by atoms with van der Waals surface area (Å²) in [4.78, 5) is 16.0. The number of esters is 1. The summed E-state index contributed by atoms with van der Waals surface area (Å²) in [7, 11) is 0. The zero-order valence-corrected chi connectivity index (χ0v) is 9.78. The number of aliphatic imine (C=N–C) groups is 1. The Kier molecular flexibility index (Phi) is 2.54. The molecule has 0 saturated carbocycles. The molecule has 1 aliphatic carbocycles. The second kappa shape index (κ2) is 3.74. The maximum atomic E-state index is 11.8. The van der Waals surface area contributed by atoms with Gasteiger partial charge in [0.1, 0.15) is 11.3 Å². The Morgan fingerprint density at radius 1 is 1.44 bits per heavy atom. The highest BCUT2D eigenvalue weighted by Crippen LogP contribution is 2.23. The van der Waals surface area contributed by atoms with E-state index in [9.17, 15) is 4.79 Å². The molecule has 3 nitrogen and oxygen atoms in total. The highest BCUT2D eigenvalue weighted by molar-refractivity contribution is 6.16. The quantitative estimate of drug-likeness (QED) is 0.633. The van der Waals surface area contributed by atoms with E-state index >= 15 is 0 Å². The van der Waals surface area contributed by atoms with Gasteiger partial charge in [0.2, 0.25) is 0 Å². The predicted molar refractivity (Wildman–Crippen MR) is 63.2 cm³/mol. The Morgan fingerprint density at radius 2 is 2.19 bits per heavy atom. The van der Waals surface area contributed by atoms with Crippen LogP contribution in [0.4, 0.5) is 0 Å². The molecule has 84 valence electrons. The number of hydrogen-bond donors (Lipinski definition) is 0. The van der Waals surface area contributed by atoms with Crippen LogP contribution >= 0.6 is 0 Å². The van der Waals surface area contributed by atoms with Gasteiger partial charge in [0.25, 0.3) is 0 Å². The first-order chi connectivity index (χ1) is 7.46. The average Bonchev–Trinajstić information content (AvgIpc) is 2.58. The minimum Gasteiger partial charge on any atom is -0.455 e. The molecule has 0 aromatic carbocycles. The Bertz CT molecular complexity index is 445. The van der Waals surface area contributed by atoms with Gasteiger partial charge in [-0.05, 0) is 44.9 Å². The zero-order valence-electron chi connectivity index (χ0n) is 9.78. The lowest BCUT2D eigenvalue weighted by Gasteiger charge is -2.18. The largest absolute Gasteiger partial charge is 0.455 e. The number of allylic oxidation sites excluding steroid dienone is 5. The molecule has 2 rings (SSSR count). The molecule has 0 fully saturated rings. The van der Waals surface area contributed by atoms with E-state index in [4.69, 9.17) is 4.74 Å². The molecule has 3 heteroatoms. The molecular formula is C13H15NO2. The van der Waals surface area contributed by atoms with Gasteiger partial charge in [-0.15, -0.1) is 0 Å². The van der Waals surface area contributed by atoms with E-state index in [0.717, 1.165) is 17.7 Å². The van der Waals surface area contributed by atoms with E-state index in [-0.39, 0.29) is 5.97 Å². The molecule has 1 aliphatic heterocycles.